The first-order chi connectivity index (χ1) is 13.6. The van der Waals surface area contributed by atoms with Crippen LogP contribution in [0.5, 0.6) is 0 Å². The van der Waals surface area contributed by atoms with Crippen LogP contribution in [0.3, 0.4) is 0 Å². The van der Waals surface area contributed by atoms with Gasteiger partial charge in [0.25, 0.3) is 5.91 Å². The zero-order valence-electron chi connectivity index (χ0n) is 16.0. The molecule has 7 heteroatoms. The van der Waals surface area contributed by atoms with Gasteiger partial charge in [0.05, 0.1) is 24.4 Å². The molecule has 7 nitrogen and oxygen atoms in total. The average Bonchev–Trinajstić information content (AvgIpc) is 3.33. The molecule has 2 aliphatic heterocycles. The molecule has 2 atom stereocenters. The number of likely N-dealkylation sites (tertiary alicyclic amines) is 1. The van der Waals surface area contributed by atoms with E-state index < -0.39 is 0 Å². The van der Waals surface area contributed by atoms with Crippen molar-refractivity contribution in [3.63, 3.8) is 0 Å². The van der Waals surface area contributed by atoms with Gasteiger partial charge < -0.3 is 15.4 Å². The number of rotatable bonds is 5. The van der Waals surface area contributed by atoms with E-state index in [1.54, 1.807) is 24.3 Å². The number of ether oxygens (including phenoxy) is 1. The lowest BCUT2D eigenvalue weighted by molar-refractivity contribution is -0.155. The maximum absolute atomic E-state index is 12.6. The van der Waals surface area contributed by atoms with E-state index >= 15 is 0 Å². The number of carbonyl (C=O) groups is 3. The number of nitrogens with zero attached hydrogens (tertiary/aromatic N) is 1. The number of nitrogens with one attached hydrogen (secondary N) is 2. The largest absolute Gasteiger partial charge is 0.465 e. The maximum Gasteiger partial charge on any atom is 0.323 e. The van der Waals surface area contributed by atoms with E-state index in [-0.39, 0.29) is 42.3 Å². The number of anilines is 1. The zero-order chi connectivity index (χ0) is 19.5. The van der Waals surface area contributed by atoms with E-state index in [4.69, 9.17) is 4.74 Å². The van der Waals surface area contributed by atoms with Crippen LogP contribution in [0.15, 0.2) is 24.3 Å². The lowest BCUT2D eigenvalue weighted by Crippen LogP contribution is -2.46. The Hall–Kier alpha value is -2.41. The summed E-state index contributed by atoms with van der Waals surface area (Å²) in [5.74, 6) is -0.323. The monoisotopic (exact) mass is 385 g/mol. The molecule has 1 aromatic carbocycles. The lowest BCUT2D eigenvalue weighted by atomic mass is 9.95. The van der Waals surface area contributed by atoms with Crippen molar-refractivity contribution >= 4 is 23.5 Å². The molecule has 2 amide bonds. The van der Waals surface area contributed by atoms with Crippen LogP contribution in [0.25, 0.3) is 0 Å². The highest BCUT2D eigenvalue weighted by atomic mass is 16.5. The van der Waals surface area contributed by atoms with Crippen molar-refractivity contribution in [2.24, 2.45) is 5.92 Å². The van der Waals surface area contributed by atoms with Crippen LogP contribution in [0, 0.1) is 5.92 Å². The minimum atomic E-state index is -0.319. The third-order valence-electron chi connectivity index (χ3n) is 6.08. The van der Waals surface area contributed by atoms with Crippen LogP contribution in [0.2, 0.25) is 0 Å². The van der Waals surface area contributed by atoms with Crippen molar-refractivity contribution < 1.29 is 19.1 Å². The van der Waals surface area contributed by atoms with Gasteiger partial charge in [-0.2, -0.15) is 0 Å². The van der Waals surface area contributed by atoms with Gasteiger partial charge >= 0.3 is 5.97 Å². The van der Waals surface area contributed by atoms with E-state index in [9.17, 15) is 14.4 Å². The Labute approximate surface area is 164 Å². The first-order valence-electron chi connectivity index (χ1n) is 10.2. The third-order valence-corrected chi connectivity index (χ3v) is 6.08. The Bertz CT molecular complexity index is 760. The van der Waals surface area contributed by atoms with Crippen LogP contribution in [-0.2, 0) is 14.3 Å². The zero-order valence-corrected chi connectivity index (χ0v) is 16.0. The number of cyclic esters (lactones) is 1. The number of fused-ring (bicyclic) bond motifs is 1. The predicted molar refractivity (Wildman–Crippen MR) is 104 cm³/mol. The summed E-state index contributed by atoms with van der Waals surface area (Å²) in [6.07, 6.45) is 6.07. The summed E-state index contributed by atoms with van der Waals surface area (Å²) in [7, 11) is 0. The SMILES string of the molecule is O=C(CN1CC[C@@H]2CCOC(=O)[C@@H]21)Nc1ccccc1C(=O)NC1CCCC1. The van der Waals surface area contributed by atoms with Gasteiger partial charge in [0, 0.05) is 6.04 Å². The van der Waals surface area contributed by atoms with E-state index in [0.29, 0.717) is 24.4 Å². The molecular weight excluding hydrogens is 358 g/mol. The fraction of sp³-hybridized carbons (Fsp3) is 0.571. The van der Waals surface area contributed by atoms with Gasteiger partial charge in [-0.15, -0.1) is 0 Å². The molecule has 0 unspecified atom stereocenters. The van der Waals surface area contributed by atoms with Gasteiger partial charge in [0.15, 0.2) is 0 Å². The van der Waals surface area contributed by atoms with Crippen LogP contribution in [0.1, 0.15) is 48.9 Å². The predicted octanol–water partition coefficient (Wildman–Crippen LogP) is 1.93. The van der Waals surface area contributed by atoms with E-state index in [1.807, 2.05) is 4.90 Å². The molecule has 28 heavy (non-hydrogen) atoms. The molecule has 0 bridgehead atoms. The van der Waals surface area contributed by atoms with Gasteiger partial charge in [-0.25, -0.2) is 0 Å². The van der Waals surface area contributed by atoms with Crippen molar-refractivity contribution in [1.82, 2.24) is 10.2 Å². The first kappa shape index (κ1) is 18.9. The fourth-order valence-electron chi connectivity index (χ4n) is 4.64. The van der Waals surface area contributed by atoms with Gasteiger partial charge in [0.1, 0.15) is 6.04 Å². The lowest BCUT2D eigenvalue weighted by Gasteiger charge is -2.29. The second-order valence-corrected chi connectivity index (χ2v) is 7.97. The summed E-state index contributed by atoms with van der Waals surface area (Å²) in [6, 6.07) is 6.96. The maximum atomic E-state index is 12.6. The minimum Gasteiger partial charge on any atom is -0.465 e. The molecule has 3 aliphatic rings. The topological polar surface area (TPSA) is 87.7 Å². The molecule has 0 spiro atoms. The van der Waals surface area contributed by atoms with Gasteiger partial charge in [-0.1, -0.05) is 25.0 Å². The summed E-state index contributed by atoms with van der Waals surface area (Å²) < 4.78 is 5.17. The summed E-state index contributed by atoms with van der Waals surface area (Å²) in [5, 5.41) is 5.92. The summed E-state index contributed by atoms with van der Waals surface area (Å²) in [6.45, 7) is 1.31. The molecule has 4 rings (SSSR count). The number of hydrogen-bond acceptors (Lipinski definition) is 5. The molecule has 0 radical (unpaired) electrons. The molecular formula is C21H27N3O4. The standard InChI is InChI=1S/C21H27N3O4/c25-18(13-24-11-9-14-10-12-28-21(27)19(14)24)23-17-8-4-3-7-16(17)20(26)22-15-5-1-2-6-15/h3-4,7-8,14-15,19H,1-2,5-6,9-13H2,(H,22,26)(H,23,25)/t14-,19-/m1/s1. The molecule has 0 aromatic heterocycles. The molecule has 3 fully saturated rings. The Balaban J connectivity index is 1.39. The van der Waals surface area contributed by atoms with Crippen molar-refractivity contribution in [2.45, 2.75) is 50.6 Å². The molecule has 1 aromatic rings. The van der Waals surface area contributed by atoms with Gasteiger partial charge in [-0.05, 0) is 50.3 Å². The van der Waals surface area contributed by atoms with Gasteiger partial charge in [-0.3, -0.25) is 19.3 Å². The number of para-hydroxylation sites is 1. The summed E-state index contributed by atoms with van der Waals surface area (Å²) in [5.41, 5.74) is 0.976. The highest BCUT2D eigenvalue weighted by molar-refractivity contribution is 6.04. The second-order valence-electron chi connectivity index (χ2n) is 7.97. The van der Waals surface area contributed by atoms with Crippen LogP contribution >= 0.6 is 0 Å². The summed E-state index contributed by atoms with van der Waals surface area (Å²) in [4.78, 5) is 39.3. The Morgan fingerprint density at radius 3 is 2.71 bits per heavy atom. The minimum absolute atomic E-state index is 0.120. The number of esters is 1. The number of hydrogen-bond donors (Lipinski definition) is 2. The summed E-state index contributed by atoms with van der Waals surface area (Å²) >= 11 is 0. The molecule has 2 saturated heterocycles. The van der Waals surface area contributed by atoms with Crippen LogP contribution < -0.4 is 10.6 Å². The van der Waals surface area contributed by atoms with Crippen molar-refractivity contribution in [1.29, 1.82) is 0 Å². The quantitative estimate of drug-likeness (QED) is 0.757. The van der Waals surface area contributed by atoms with Crippen molar-refractivity contribution in [2.75, 3.05) is 25.0 Å². The normalized spacial score (nSPS) is 25.2. The Morgan fingerprint density at radius 1 is 1.11 bits per heavy atom. The first-order valence-corrected chi connectivity index (χ1v) is 10.2. The molecule has 1 aliphatic carbocycles. The Morgan fingerprint density at radius 2 is 1.89 bits per heavy atom. The molecule has 2 heterocycles. The van der Waals surface area contributed by atoms with Crippen molar-refractivity contribution in [3.8, 4) is 0 Å². The molecule has 2 N–H and O–H groups in total. The van der Waals surface area contributed by atoms with Crippen molar-refractivity contribution in [3.05, 3.63) is 29.8 Å². The van der Waals surface area contributed by atoms with E-state index in [1.165, 1.54) is 0 Å². The third kappa shape index (κ3) is 4.04. The number of carbonyl (C=O) groups excluding carboxylic acids is 3. The fourth-order valence-corrected chi connectivity index (χ4v) is 4.64. The van der Waals surface area contributed by atoms with E-state index in [2.05, 4.69) is 10.6 Å². The van der Waals surface area contributed by atoms with E-state index in [0.717, 1.165) is 38.5 Å². The highest BCUT2D eigenvalue weighted by Crippen LogP contribution is 2.31. The average molecular weight is 385 g/mol. The number of benzene rings is 1. The van der Waals surface area contributed by atoms with Crippen LogP contribution in [0.4, 0.5) is 5.69 Å². The molecule has 1 saturated carbocycles. The second kappa shape index (κ2) is 8.31. The molecule has 150 valence electrons. The van der Waals surface area contributed by atoms with Gasteiger partial charge in [0.2, 0.25) is 5.91 Å². The highest BCUT2D eigenvalue weighted by Gasteiger charge is 2.43. The Kier molecular flexibility index (Phi) is 5.62. The van der Waals surface area contributed by atoms with Crippen LogP contribution in [-0.4, -0.2) is 54.5 Å². The number of amides is 2. The smallest absolute Gasteiger partial charge is 0.323 e.